The molecule has 1 aromatic heterocycles. The Balaban J connectivity index is 2.23. The summed E-state index contributed by atoms with van der Waals surface area (Å²) in [5.74, 6) is -0.0404. The standard InChI is InChI=1S/C14H19N3O/c1-11(18)15-13-4-5-14-12(10-13)6-7-17(14)9-8-16(2)3/h4-7,10H,8-9H2,1-3H3,(H,15,18). The van der Waals surface area contributed by atoms with Crippen LogP contribution in [0.5, 0.6) is 0 Å². The Labute approximate surface area is 107 Å². The summed E-state index contributed by atoms with van der Waals surface area (Å²) in [5.41, 5.74) is 2.05. The second-order valence-corrected chi connectivity index (χ2v) is 4.77. The van der Waals surface area contributed by atoms with Gasteiger partial charge in [-0.2, -0.15) is 0 Å². The van der Waals surface area contributed by atoms with Gasteiger partial charge in [0, 0.05) is 42.8 Å². The SMILES string of the molecule is CC(=O)Nc1ccc2c(ccn2CCN(C)C)c1. The van der Waals surface area contributed by atoms with E-state index >= 15 is 0 Å². The zero-order chi connectivity index (χ0) is 13.1. The molecule has 2 aromatic rings. The van der Waals surface area contributed by atoms with Gasteiger partial charge in [0.15, 0.2) is 0 Å². The number of hydrogen-bond donors (Lipinski definition) is 1. The predicted octanol–water partition coefficient (Wildman–Crippen LogP) is 2.16. The van der Waals surface area contributed by atoms with Crippen LogP contribution in [0.3, 0.4) is 0 Å². The highest BCUT2D eigenvalue weighted by molar-refractivity contribution is 5.92. The van der Waals surface area contributed by atoms with E-state index in [-0.39, 0.29) is 5.91 Å². The number of anilines is 1. The van der Waals surface area contributed by atoms with Gasteiger partial charge in [-0.25, -0.2) is 0 Å². The van der Waals surface area contributed by atoms with E-state index in [0.29, 0.717) is 0 Å². The van der Waals surface area contributed by atoms with Gasteiger partial charge in [0.1, 0.15) is 0 Å². The van der Waals surface area contributed by atoms with Crippen LogP contribution in [-0.4, -0.2) is 36.0 Å². The van der Waals surface area contributed by atoms with Crippen LogP contribution < -0.4 is 5.32 Å². The normalized spacial score (nSPS) is 11.1. The fourth-order valence-electron chi connectivity index (χ4n) is 1.98. The number of aromatic nitrogens is 1. The molecular formula is C14H19N3O. The van der Waals surface area contributed by atoms with Crippen molar-refractivity contribution in [1.82, 2.24) is 9.47 Å². The maximum absolute atomic E-state index is 11.0. The van der Waals surface area contributed by atoms with Crippen LogP contribution in [0.2, 0.25) is 0 Å². The zero-order valence-corrected chi connectivity index (χ0v) is 11.1. The summed E-state index contributed by atoms with van der Waals surface area (Å²) in [4.78, 5) is 13.2. The smallest absolute Gasteiger partial charge is 0.221 e. The third-order valence-electron chi connectivity index (χ3n) is 2.88. The largest absolute Gasteiger partial charge is 0.346 e. The molecular weight excluding hydrogens is 226 g/mol. The molecule has 4 heteroatoms. The van der Waals surface area contributed by atoms with Crippen LogP contribution in [0.4, 0.5) is 5.69 Å². The molecule has 4 nitrogen and oxygen atoms in total. The molecule has 18 heavy (non-hydrogen) atoms. The number of fused-ring (bicyclic) bond motifs is 1. The van der Waals surface area contributed by atoms with Crippen molar-refractivity contribution < 1.29 is 4.79 Å². The molecule has 0 atom stereocenters. The molecule has 1 amide bonds. The molecule has 0 fully saturated rings. The summed E-state index contributed by atoms with van der Waals surface area (Å²) >= 11 is 0. The summed E-state index contributed by atoms with van der Waals surface area (Å²) in [6.45, 7) is 3.50. The minimum absolute atomic E-state index is 0.0404. The molecule has 0 aliphatic rings. The van der Waals surface area contributed by atoms with Crippen molar-refractivity contribution in [3.05, 3.63) is 30.5 Å². The highest BCUT2D eigenvalue weighted by Crippen LogP contribution is 2.20. The summed E-state index contributed by atoms with van der Waals surface area (Å²) in [5, 5.41) is 3.95. The number of carbonyl (C=O) groups is 1. The molecule has 1 heterocycles. The van der Waals surface area contributed by atoms with Crippen LogP contribution >= 0.6 is 0 Å². The number of amides is 1. The minimum Gasteiger partial charge on any atom is -0.346 e. The molecule has 0 aliphatic carbocycles. The number of hydrogen-bond acceptors (Lipinski definition) is 2. The van der Waals surface area contributed by atoms with E-state index in [0.717, 1.165) is 24.2 Å². The van der Waals surface area contributed by atoms with Gasteiger partial charge in [-0.3, -0.25) is 4.79 Å². The molecule has 0 bridgehead atoms. The summed E-state index contributed by atoms with van der Waals surface area (Å²) < 4.78 is 2.23. The Kier molecular flexibility index (Phi) is 3.67. The first-order valence-electron chi connectivity index (χ1n) is 6.07. The Morgan fingerprint density at radius 2 is 2.11 bits per heavy atom. The number of nitrogens with one attached hydrogen (secondary N) is 1. The lowest BCUT2D eigenvalue weighted by atomic mass is 10.2. The van der Waals surface area contributed by atoms with Crippen molar-refractivity contribution in [2.45, 2.75) is 13.5 Å². The summed E-state index contributed by atoms with van der Waals surface area (Å²) in [6, 6.07) is 8.07. The average Bonchev–Trinajstić information content (AvgIpc) is 2.68. The first-order valence-corrected chi connectivity index (χ1v) is 6.07. The van der Waals surface area contributed by atoms with E-state index < -0.39 is 0 Å². The Morgan fingerprint density at radius 3 is 2.78 bits per heavy atom. The number of rotatable bonds is 4. The van der Waals surface area contributed by atoms with Crippen LogP contribution in [-0.2, 0) is 11.3 Å². The lowest BCUT2D eigenvalue weighted by Crippen LogP contribution is -2.17. The highest BCUT2D eigenvalue weighted by atomic mass is 16.1. The minimum atomic E-state index is -0.0404. The van der Waals surface area contributed by atoms with Crippen LogP contribution in [0.1, 0.15) is 6.92 Å². The zero-order valence-electron chi connectivity index (χ0n) is 11.1. The maximum Gasteiger partial charge on any atom is 0.221 e. The fraction of sp³-hybridized carbons (Fsp3) is 0.357. The molecule has 0 spiro atoms. The van der Waals surface area contributed by atoms with Gasteiger partial charge >= 0.3 is 0 Å². The molecule has 96 valence electrons. The molecule has 2 rings (SSSR count). The van der Waals surface area contributed by atoms with Crippen LogP contribution in [0.15, 0.2) is 30.5 Å². The quantitative estimate of drug-likeness (QED) is 0.896. The van der Waals surface area contributed by atoms with Crippen LogP contribution in [0, 0.1) is 0 Å². The Hall–Kier alpha value is -1.81. The fourth-order valence-corrected chi connectivity index (χ4v) is 1.98. The first kappa shape index (κ1) is 12.6. The number of benzene rings is 1. The number of nitrogens with zero attached hydrogens (tertiary/aromatic N) is 2. The van der Waals surface area contributed by atoms with Crippen molar-refractivity contribution in [1.29, 1.82) is 0 Å². The van der Waals surface area contributed by atoms with Crippen molar-refractivity contribution >= 4 is 22.5 Å². The monoisotopic (exact) mass is 245 g/mol. The predicted molar refractivity (Wildman–Crippen MR) is 74.8 cm³/mol. The van der Waals surface area contributed by atoms with E-state index in [2.05, 4.69) is 47.2 Å². The van der Waals surface area contributed by atoms with E-state index in [1.807, 2.05) is 12.1 Å². The van der Waals surface area contributed by atoms with Gasteiger partial charge < -0.3 is 14.8 Å². The molecule has 0 aliphatic heterocycles. The van der Waals surface area contributed by atoms with Crippen molar-refractivity contribution in [3.8, 4) is 0 Å². The van der Waals surface area contributed by atoms with Crippen molar-refractivity contribution in [2.75, 3.05) is 26.0 Å². The lowest BCUT2D eigenvalue weighted by molar-refractivity contribution is -0.114. The third-order valence-corrected chi connectivity index (χ3v) is 2.88. The molecule has 0 unspecified atom stereocenters. The third kappa shape index (κ3) is 2.90. The lowest BCUT2D eigenvalue weighted by Gasteiger charge is -2.11. The Morgan fingerprint density at radius 1 is 1.33 bits per heavy atom. The topological polar surface area (TPSA) is 37.3 Å². The average molecular weight is 245 g/mol. The van der Waals surface area contributed by atoms with Gasteiger partial charge in [0.05, 0.1) is 0 Å². The van der Waals surface area contributed by atoms with E-state index in [9.17, 15) is 4.79 Å². The van der Waals surface area contributed by atoms with E-state index in [4.69, 9.17) is 0 Å². The van der Waals surface area contributed by atoms with E-state index in [1.54, 1.807) is 0 Å². The summed E-state index contributed by atoms with van der Waals surface area (Å²) in [7, 11) is 4.14. The molecule has 0 saturated carbocycles. The number of carbonyl (C=O) groups excluding carboxylic acids is 1. The van der Waals surface area contributed by atoms with Gasteiger partial charge in [-0.1, -0.05) is 0 Å². The van der Waals surface area contributed by atoms with Crippen molar-refractivity contribution in [3.63, 3.8) is 0 Å². The van der Waals surface area contributed by atoms with Gasteiger partial charge in [0.25, 0.3) is 0 Å². The van der Waals surface area contributed by atoms with E-state index in [1.165, 1.54) is 12.4 Å². The first-order chi connectivity index (χ1) is 8.56. The molecule has 0 radical (unpaired) electrons. The van der Waals surface area contributed by atoms with Gasteiger partial charge in [-0.15, -0.1) is 0 Å². The molecule has 1 N–H and O–H groups in total. The van der Waals surface area contributed by atoms with Gasteiger partial charge in [0.2, 0.25) is 5.91 Å². The van der Waals surface area contributed by atoms with Crippen LogP contribution in [0.25, 0.3) is 10.9 Å². The maximum atomic E-state index is 11.0. The van der Waals surface area contributed by atoms with Gasteiger partial charge in [-0.05, 0) is 38.4 Å². The second-order valence-electron chi connectivity index (χ2n) is 4.77. The summed E-state index contributed by atoms with van der Waals surface area (Å²) in [6.07, 6.45) is 2.09. The Bertz CT molecular complexity index is 557. The molecule has 0 saturated heterocycles. The number of likely N-dealkylation sites (N-methyl/N-ethyl adjacent to an activating group) is 1. The van der Waals surface area contributed by atoms with Crippen molar-refractivity contribution in [2.24, 2.45) is 0 Å². The second kappa shape index (κ2) is 5.23. The molecule has 1 aromatic carbocycles. The highest BCUT2D eigenvalue weighted by Gasteiger charge is 2.03.